The second kappa shape index (κ2) is 18.4. The first-order chi connectivity index (χ1) is 11.7. The lowest BCUT2D eigenvalue weighted by Gasteiger charge is -2.04. The number of carbonyl (C=O) groups is 1. The zero-order valence-electron chi connectivity index (χ0n) is 16.0. The Morgan fingerprint density at radius 1 is 0.750 bits per heavy atom. The van der Waals surface area contributed by atoms with E-state index in [1.54, 1.807) is 0 Å². The van der Waals surface area contributed by atoms with Gasteiger partial charge in [0.2, 0.25) is 0 Å². The smallest absolute Gasteiger partial charge is 0.306 e. The SMILES string of the molecule is C=C(O)COC(=O)CCCCCCCCCCCCCCCCC. The molecule has 0 saturated carbocycles. The van der Waals surface area contributed by atoms with E-state index in [1.807, 2.05) is 0 Å². The van der Waals surface area contributed by atoms with Crippen LogP contribution in [0.2, 0.25) is 0 Å². The van der Waals surface area contributed by atoms with Crippen molar-refractivity contribution in [2.45, 2.75) is 110 Å². The molecular formula is C21H40O3. The number of esters is 1. The van der Waals surface area contributed by atoms with Crippen molar-refractivity contribution in [3.63, 3.8) is 0 Å². The first-order valence-corrected chi connectivity index (χ1v) is 10.2. The average Bonchev–Trinajstić information content (AvgIpc) is 2.56. The van der Waals surface area contributed by atoms with Crippen molar-refractivity contribution < 1.29 is 14.6 Å². The fourth-order valence-corrected chi connectivity index (χ4v) is 2.88. The van der Waals surface area contributed by atoms with Gasteiger partial charge in [-0.3, -0.25) is 4.79 Å². The van der Waals surface area contributed by atoms with Gasteiger partial charge in [-0.25, -0.2) is 0 Å². The topological polar surface area (TPSA) is 46.5 Å². The molecule has 0 amide bonds. The molecule has 24 heavy (non-hydrogen) atoms. The maximum absolute atomic E-state index is 11.3. The van der Waals surface area contributed by atoms with Gasteiger partial charge in [0.25, 0.3) is 0 Å². The summed E-state index contributed by atoms with van der Waals surface area (Å²) in [4.78, 5) is 11.3. The molecule has 3 heteroatoms. The van der Waals surface area contributed by atoms with Crippen LogP contribution in [0.4, 0.5) is 0 Å². The number of aliphatic hydroxyl groups excluding tert-OH is 1. The second-order valence-electron chi connectivity index (χ2n) is 6.93. The Morgan fingerprint density at radius 2 is 1.12 bits per heavy atom. The molecule has 0 spiro atoms. The Morgan fingerprint density at radius 3 is 1.50 bits per heavy atom. The molecule has 0 rings (SSSR count). The highest BCUT2D eigenvalue weighted by molar-refractivity contribution is 5.69. The Bertz CT molecular complexity index is 299. The van der Waals surface area contributed by atoms with E-state index in [9.17, 15) is 4.79 Å². The molecule has 0 aromatic carbocycles. The Labute approximate surface area is 149 Å². The van der Waals surface area contributed by atoms with Crippen LogP contribution in [0.3, 0.4) is 0 Å². The highest BCUT2D eigenvalue weighted by Gasteiger charge is 2.03. The number of hydrogen-bond donors (Lipinski definition) is 1. The number of unbranched alkanes of at least 4 members (excludes halogenated alkanes) is 14. The van der Waals surface area contributed by atoms with Crippen molar-refractivity contribution in [3.8, 4) is 0 Å². The quantitative estimate of drug-likeness (QED) is 0.168. The molecule has 0 atom stereocenters. The van der Waals surface area contributed by atoms with Crippen molar-refractivity contribution in [2.24, 2.45) is 0 Å². The van der Waals surface area contributed by atoms with Gasteiger partial charge in [0.15, 0.2) is 0 Å². The Balaban J connectivity index is 3.10. The van der Waals surface area contributed by atoms with Crippen molar-refractivity contribution in [1.82, 2.24) is 0 Å². The van der Waals surface area contributed by atoms with Gasteiger partial charge < -0.3 is 9.84 Å². The van der Waals surface area contributed by atoms with E-state index >= 15 is 0 Å². The monoisotopic (exact) mass is 340 g/mol. The minimum atomic E-state index is -0.236. The zero-order valence-corrected chi connectivity index (χ0v) is 16.0. The Kier molecular flexibility index (Phi) is 17.6. The van der Waals surface area contributed by atoms with Gasteiger partial charge in [0.1, 0.15) is 12.4 Å². The molecule has 0 aliphatic rings. The first kappa shape index (κ1) is 23.0. The van der Waals surface area contributed by atoms with Gasteiger partial charge in [-0.15, -0.1) is 0 Å². The summed E-state index contributed by atoms with van der Waals surface area (Å²) in [6.07, 6.45) is 20.2. The highest BCUT2D eigenvalue weighted by Crippen LogP contribution is 2.13. The molecule has 0 aliphatic carbocycles. The van der Waals surface area contributed by atoms with E-state index in [0.717, 1.165) is 12.8 Å². The van der Waals surface area contributed by atoms with Gasteiger partial charge in [0.05, 0.1) is 0 Å². The largest absolute Gasteiger partial charge is 0.509 e. The maximum atomic E-state index is 11.3. The predicted octanol–water partition coefficient (Wildman–Crippen LogP) is 6.86. The number of carbonyl (C=O) groups excluding carboxylic acids is 1. The van der Waals surface area contributed by atoms with Crippen LogP contribution in [-0.4, -0.2) is 17.7 Å². The molecule has 0 aliphatic heterocycles. The fraction of sp³-hybridized carbons (Fsp3) is 0.857. The number of aliphatic hydroxyl groups is 1. The third-order valence-electron chi connectivity index (χ3n) is 4.38. The lowest BCUT2D eigenvalue weighted by molar-refractivity contribution is -0.143. The molecule has 1 N–H and O–H groups in total. The third-order valence-corrected chi connectivity index (χ3v) is 4.38. The molecule has 0 saturated heterocycles. The Hall–Kier alpha value is -0.990. The zero-order chi connectivity index (χ0) is 17.9. The molecule has 0 aromatic heterocycles. The summed E-state index contributed by atoms with van der Waals surface area (Å²) in [6, 6.07) is 0. The van der Waals surface area contributed by atoms with Crippen LogP contribution < -0.4 is 0 Å². The summed E-state index contributed by atoms with van der Waals surface area (Å²) >= 11 is 0. The highest BCUT2D eigenvalue weighted by atomic mass is 16.5. The van der Waals surface area contributed by atoms with E-state index in [0.29, 0.717) is 6.42 Å². The third kappa shape index (κ3) is 19.1. The number of rotatable bonds is 18. The van der Waals surface area contributed by atoms with E-state index < -0.39 is 0 Å². The predicted molar refractivity (Wildman–Crippen MR) is 102 cm³/mol. The first-order valence-electron chi connectivity index (χ1n) is 10.2. The summed E-state index contributed by atoms with van der Waals surface area (Å²) in [5.41, 5.74) is 0. The minimum absolute atomic E-state index is 0.0719. The molecule has 0 bridgehead atoms. The van der Waals surface area contributed by atoms with Gasteiger partial charge in [0, 0.05) is 6.42 Å². The standard InChI is InChI=1S/C21H40O3/c1-3-4-5-6-7-8-9-10-11-12-13-14-15-16-17-18-21(23)24-19-20(2)22/h22H,2-19H2,1H3. The van der Waals surface area contributed by atoms with Crippen molar-refractivity contribution in [1.29, 1.82) is 0 Å². The van der Waals surface area contributed by atoms with Crippen LogP contribution in [0.15, 0.2) is 12.3 Å². The minimum Gasteiger partial charge on any atom is -0.509 e. The number of ether oxygens (including phenoxy) is 1. The molecule has 142 valence electrons. The average molecular weight is 341 g/mol. The lowest BCUT2D eigenvalue weighted by atomic mass is 10.0. The van der Waals surface area contributed by atoms with E-state index in [2.05, 4.69) is 13.5 Å². The van der Waals surface area contributed by atoms with Gasteiger partial charge in [-0.1, -0.05) is 103 Å². The van der Waals surface area contributed by atoms with Gasteiger partial charge in [-0.05, 0) is 6.42 Å². The second-order valence-corrected chi connectivity index (χ2v) is 6.93. The van der Waals surface area contributed by atoms with Gasteiger partial charge >= 0.3 is 5.97 Å². The van der Waals surface area contributed by atoms with E-state index in [1.165, 1.54) is 83.5 Å². The van der Waals surface area contributed by atoms with Crippen LogP contribution >= 0.6 is 0 Å². The van der Waals surface area contributed by atoms with E-state index in [-0.39, 0.29) is 18.3 Å². The fourth-order valence-electron chi connectivity index (χ4n) is 2.88. The van der Waals surface area contributed by atoms with Crippen LogP contribution in [0.1, 0.15) is 110 Å². The molecular weight excluding hydrogens is 300 g/mol. The van der Waals surface area contributed by atoms with Crippen LogP contribution in [0, 0.1) is 0 Å². The summed E-state index contributed by atoms with van der Waals surface area (Å²) in [6.45, 7) is 5.48. The summed E-state index contributed by atoms with van der Waals surface area (Å²) in [5, 5.41) is 8.83. The van der Waals surface area contributed by atoms with Crippen molar-refractivity contribution in [2.75, 3.05) is 6.61 Å². The molecule has 0 heterocycles. The molecule has 3 nitrogen and oxygen atoms in total. The summed E-state index contributed by atoms with van der Waals surface area (Å²) < 4.78 is 4.83. The lowest BCUT2D eigenvalue weighted by Crippen LogP contribution is -2.06. The van der Waals surface area contributed by atoms with Gasteiger partial charge in [-0.2, -0.15) is 0 Å². The van der Waals surface area contributed by atoms with Crippen molar-refractivity contribution >= 4 is 5.97 Å². The van der Waals surface area contributed by atoms with Crippen molar-refractivity contribution in [3.05, 3.63) is 12.3 Å². The normalized spacial score (nSPS) is 10.7. The van der Waals surface area contributed by atoms with E-state index in [4.69, 9.17) is 9.84 Å². The molecule has 0 aromatic rings. The van der Waals surface area contributed by atoms with Crippen LogP contribution in [0.5, 0.6) is 0 Å². The molecule has 0 unspecified atom stereocenters. The maximum Gasteiger partial charge on any atom is 0.306 e. The number of hydrogen-bond acceptors (Lipinski definition) is 3. The molecule has 0 radical (unpaired) electrons. The summed E-state index contributed by atoms with van der Waals surface area (Å²) in [7, 11) is 0. The van der Waals surface area contributed by atoms with Crippen LogP contribution in [0.25, 0.3) is 0 Å². The van der Waals surface area contributed by atoms with Crippen LogP contribution in [-0.2, 0) is 9.53 Å². The molecule has 0 fully saturated rings. The summed E-state index contributed by atoms with van der Waals surface area (Å²) in [5.74, 6) is -0.334.